The molecule has 1 amide bonds. The monoisotopic (exact) mass is 336 g/mol. The lowest BCUT2D eigenvalue weighted by atomic mass is 10.1. The predicted octanol–water partition coefficient (Wildman–Crippen LogP) is 4.67. The SMILES string of the molecule is C[C@@H](N[C@H](C)c1ccccc1)C(=O)Nc1ccc(Cl)cc1Cl. The van der Waals surface area contributed by atoms with E-state index in [1.807, 2.05) is 44.2 Å². The summed E-state index contributed by atoms with van der Waals surface area (Å²) in [4.78, 5) is 12.3. The van der Waals surface area contributed by atoms with Crippen LogP contribution in [-0.4, -0.2) is 11.9 Å². The number of hydrogen-bond donors (Lipinski definition) is 2. The van der Waals surface area contributed by atoms with Crippen molar-refractivity contribution in [3.63, 3.8) is 0 Å². The van der Waals surface area contributed by atoms with E-state index in [2.05, 4.69) is 10.6 Å². The van der Waals surface area contributed by atoms with Gasteiger partial charge in [0.2, 0.25) is 5.91 Å². The molecular weight excluding hydrogens is 319 g/mol. The van der Waals surface area contributed by atoms with Crippen molar-refractivity contribution in [2.45, 2.75) is 25.9 Å². The summed E-state index contributed by atoms with van der Waals surface area (Å²) in [6.07, 6.45) is 0. The fourth-order valence-corrected chi connectivity index (χ4v) is 2.58. The highest BCUT2D eigenvalue weighted by Gasteiger charge is 2.17. The fraction of sp³-hybridized carbons (Fsp3) is 0.235. The predicted molar refractivity (Wildman–Crippen MR) is 92.5 cm³/mol. The summed E-state index contributed by atoms with van der Waals surface area (Å²) < 4.78 is 0. The standard InChI is InChI=1S/C17H18Cl2N2O/c1-11(13-6-4-3-5-7-13)20-12(2)17(22)21-16-9-8-14(18)10-15(16)19/h3-12,20H,1-2H3,(H,21,22)/t11-,12-/m1/s1. The molecule has 0 saturated carbocycles. The van der Waals surface area contributed by atoms with Crippen LogP contribution in [0.5, 0.6) is 0 Å². The summed E-state index contributed by atoms with van der Waals surface area (Å²) in [5.41, 5.74) is 1.68. The van der Waals surface area contributed by atoms with Gasteiger partial charge in [-0.15, -0.1) is 0 Å². The Labute approximate surface area is 140 Å². The molecule has 3 nitrogen and oxygen atoms in total. The van der Waals surface area contributed by atoms with Gasteiger partial charge in [-0.1, -0.05) is 53.5 Å². The maximum atomic E-state index is 12.3. The van der Waals surface area contributed by atoms with Crippen LogP contribution < -0.4 is 10.6 Å². The molecule has 0 unspecified atom stereocenters. The molecule has 0 aliphatic carbocycles. The molecule has 0 aromatic heterocycles. The Kier molecular flexibility index (Phi) is 5.83. The highest BCUT2D eigenvalue weighted by molar-refractivity contribution is 6.36. The minimum atomic E-state index is -0.359. The van der Waals surface area contributed by atoms with E-state index in [0.29, 0.717) is 15.7 Å². The Balaban J connectivity index is 1.97. The van der Waals surface area contributed by atoms with Crippen LogP contribution in [0.2, 0.25) is 10.0 Å². The van der Waals surface area contributed by atoms with E-state index >= 15 is 0 Å². The summed E-state index contributed by atoms with van der Waals surface area (Å²) in [5.74, 6) is -0.146. The Bertz CT molecular complexity index is 646. The van der Waals surface area contributed by atoms with Crippen LogP contribution in [-0.2, 0) is 4.79 Å². The molecule has 2 atom stereocenters. The Morgan fingerprint density at radius 3 is 2.36 bits per heavy atom. The second kappa shape index (κ2) is 7.63. The van der Waals surface area contributed by atoms with Gasteiger partial charge in [-0.25, -0.2) is 0 Å². The third-order valence-corrected chi connectivity index (χ3v) is 3.93. The summed E-state index contributed by atoms with van der Waals surface area (Å²) >= 11 is 11.9. The van der Waals surface area contributed by atoms with E-state index in [9.17, 15) is 4.79 Å². The molecule has 0 aliphatic heterocycles. The largest absolute Gasteiger partial charge is 0.323 e. The van der Waals surface area contributed by atoms with E-state index < -0.39 is 0 Å². The van der Waals surface area contributed by atoms with Crippen molar-refractivity contribution < 1.29 is 4.79 Å². The van der Waals surface area contributed by atoms with Gasteiger partial charge in [0, 0.05) is 11.1 Å². The maximum absolute atomic E-state index is 12.3. The van der Waals surface area contributed by atoms with Crippen molar-refractivity contribution in [1.82, 2.24) is 5.32 Å². The minimum Gasteiger partial charge on any atom is -0.323 e. The number of amides is 1. The number of benzene rings is 2. The highest BCUT2D eigenvalue weighted by atomic mass is 35.5. The van der Waals surface area contributed by atoms with Crippen molar-refractivity contribution >= 4 is 34.8 Å². The molecule has 2 N–H and O–H groups in total. The third-order valence-electron chi connectivity index (χ3n) is 3.38. The fourth-order valence-electron chi connectivity index (χ4n) is 2.12. The maximum Gasteiger partial charge on any atom is 0.241 e. The molecule has 22 heavy (non-hydrogen) atoms. The first kappa shape index (κ1) is 16.8. The Morgan fingerprint density at radius 2 is 1.73 bits per heavy atom. The highest BCUT2D eigenvalue weighted by Crippen LogP contribution is 2.25. The van der Waals surface area contributed by atoms with E-state index in [1.54, 1.807) is 18.2 Å². The molecule has 2 aromatic carbocycles. The van der Waals surface area contributed by atoms with Gasteiger partial charge in [-0.05, 0) is 37.6 Å². The summed E-state index contributed by atoms with van der Waals surface area (Å²) in [7, 11) is 0. The zero-order valence-electron chi connectivity index (χ0n) is 12.4. The number of halogens is 2. The molecule has 0 heterocycles. The number of carbonyl (C=O) groups excluding carboxylic acids is 1. The van der Waals surface area contributed by atoms with Gasteiger partial charge < -0.3 is 5.32 Å². The number of nitrogens with one attached hydrogen (secondary N) is 2. The Morgan fingerprint density at radius 1 is 1.05 bits per heavy atom. The second-order valence-corrected chi connectivity index (χ2v) is 5.98. The molecule has 0 aliphatic rings. The van der Waals surface area contributed by atoms with Crippen molar-refractivity contribution in [1.29, 1.82) is 0 Å². The summed E-state index contributed by atoms with van der Waals surface area (Å²) in [6.45, 7) is 3.84. The lowest BCUT2D eigenvalue weighted by Crippen LogP contribution is -2.39. The molecule has 0 fully saturated rings. The lowest BCUT2D eigenvalue weighted by molar-refractivity contribution is -0.117. The first-order valence-electron chi connectivity index (χ1n) is 7.04. The van der Waals surface area contributed by atoms with Gasteiger partial charge in [0.15, 0.2) is 0 Å². The van der Waals surface area contributed by atoms with Crippen LogP contribution in [0.15, 0.2) is 48.5 Å². The molecule has 0 bridgehead atoms. The van der Waals surface area contributed by atoms with Crippen LogP contribution in [0.25, 0.3) is 0 Å². The van der Waals surface area contributed by atoms with E-state index in [1.165, 1.54) is 0 Å². The topological polar surface area (TPSA) is 41.1 Å². The molecule has 5 heteroatoms. The van der Waals surface area contributed by atoms with Crippen LogP contribution in [0, 0.1) is 0 Å². The van der Waals surface area contributed by atoms with Crippen molar-refractivity contribution in [2.24, 2.45) is 0 Å². The van der Waals surface area contributed by atoms with Crippen molar-refractivity contribution in [2.75, 3.05) is 5.32 Å². The number of carbonyl (C=O) groups is 1. The normalized spacial score (nSPS) is 13.5. The van der Waals surface area contributed by atoms with Gasteiger partial charge in [0.05, 0.1) is 16.8 Å². The first-order valence-corrected chi connectivity index (χ1v) is 7.80. The molecule has 0 spiro atoms. The van der Waals surface area contributed by atoms with Gasteiger partial charge in [0.1, 0.15) is 0 Å². The summed E-state index contributed by atoms with van der Waals surface area (Å²) in [6, 6.07) is 14.7. The van der Waals surface area contributed by atoms with E-state index in [-0.39, 0.29) is 18.0 Å². The molecule has 0 radical (unpaired) electrons. The van der Waals surface area contributed by atoms with Crippen molar-refractivity contribution in [3.8, 4) is 0 Å². The zero-order chi connectivity index (χ0) is 16.1. The van der Waals surface area contributed by atoms with Gasteiger partial charge >= 0.3 is 0 Å². The minimum absolute atomic E-state index is 0.0719. The van der Waals surface area contributed by atoms with Crippen LogP contribution in [0.1, 0.15) is 25.5 Å². The molecule has 2 rings (SSSR count). The molecule has 116 valence electrons. The van der Waals surface area contributed by atoms with Gasteiger partial charge in [-0.2, -0.15) is 0 Å². The van der Waals surface area contributed by atoms with Crippen LogP contribution >= 0.6 is 23.2 Å². The average Bonchev–Trinajstić information content (AvgIpc) is 2.50. The Hall–Kier alpha value is -1.55. The quantitative estimate of drug-likeness (QED) is 0.832. The molecule has 2 aromatic rings. The van der Waals surface area contributed by atoms with Crippen LogP contribution in [0.3, 0.4) is 0 Å². The zero-order valence-corrected chi connectivity index (χ0v) is 13.9. The summed E-state index contributed by atoms with van der Waals surface area (Å²) in [5, 5.41) is 7.02. The first-order chi connectivity index (χ1) is 10.5. The smallest absolute Gasteiger partial charge is 0.241 e. The second-order valence-electron chi connectivity index (χ2n) is 5.13. The third kappa shape index (κ3) is 4.47. The number of rotatable bonds is 5. The number of anilines is 1. The average molecular weight is 337 g/mol. The lowest BCUT2D eigenvalue weighted by Gasteiger charge is -2.20. The van der Waals surface area contributed by atoms with Gasteiger partial charge in [0.25, 0.3) is 0 Å². The van der Waals surface area contributed by atoms with Gasteiger partial charge in [-0.3, -0.25) is 10.1 Å². The molecular formula is C17H18Cl2N2O. The number of hydrogen-bond acceptors (Lipinski definition) is 2. The van der Waals surface area contributed by atoms with E-state index in [4.69, 9.17) is 23.2 Å². The van der Waals surface area contributed by atoms with Crippen LogP contribution in [0.4, 0.5) is 5.69 Å². The molecule has 0 saturated heterocycles. The van der Waals surface area contributed by atoms with E-state index in [0.717, 1.165) is 5.56 Å². The van der Waals surface area contributed by atoms with Crippen molar-refractivity contribution in [3.05, 3.63) is 64.1 Å².